The molecule has 0 bridgehead atoms. The zero-order valence-electron chi connectivity index (χ0n) is 11.3. The van der Waals surface area contributed by atoms with Crippen molar-refractivity contribution in [3.8, 4) is 0 Å². The lowest BCUT2D eigenvalue weighted by Crippen LogP contribution is -2.37. The van der Waals surface area contributed by atoms with E-state index in [1.54, 1.807) is 29.2 Å². The smallest absolute Gasteiger partial charge is 0.320 e. The van der Waals surface area contributed by atoms with Gasteiger partial charge in [-0.05, 0) is 32.4 Å². The molecule has 1 N–H and O–H groups in total. The first kappa shape index (κ1) is 13.3. The molecular formula is C15H18N2O2. The molecule has 19 heavy (non-hydrogen) atoms. The van der Waals surface area contributed by atoms with Gasteiger partial charge in [0.1, 0.15) is 0 Å². The molecular weight excluding hydrogens is 240 g/mol. The first-order chi connectivity index (χ1) is 9.06. The number of hydrogen-bond donors (Lipinski definition) is 1. The van der Waals surface area contributed by atoms with E-state index in [0.29, 0.717) is 17.8 Å². The van der Waals surface area contributed by atoms with Crippen LogP contribution in [0.3, 0.4) is 0 Å². The predicted octanol–water partition coefficient (Wildman–Crippen LogP) is 3.07. The van der Waals surface area contributed by atoms with Crippen molar-refractivity contribution in [2.24, 2.45) is 0 Å². The minimum atomic E-state index is -0.121. The van der Waals surface area contributed by atoms with Crippen molar-refractivity contribution in [2.75, 3.05) is 18.4 Å². The van der Waals surface area contributed by atoms with E-state index in [-0.39, 0.29) is 11.8 Å². The molecule has 1 heterocycles. The Kier molecular flexibility index (Phi) is 4.00. The molecule has 100 valence electrons. The van der Waals surface area contributed by atoms with Gasteiger partial charge in [-0.15, -0.1) is 0 Å². The highest BCUT2D eigenvalue weighted by Gasteiger charge is 2.15. The van der Waals surface area contributed by atoms with Gasteiger partial charge in [-0.1, -0.05) is 23.8 Å². The molecule has 4 heteroatoms. The van der Waals surface area contributed by atoms with Crippen LogP contribution in [0.25, 0.3) is 0 Å². The Bertz CT molecular complexity index is 535. The summed E-state index contributed by atoms with van der Waals surface area (Å²) in [4.78, 5) is 25.1. The number of nitrogens with zero attached hydrogens (tertiary/aromatic N) is 1. The van der Waals surface area contributed by atoms with Gasteiger partial charge in [-0.3, -0.25) is 4.79 Å². The molecule has 0 saturated heterocycles. The summed E-state index contributed by atoms with van der Waals surface area (Å²) in [5.74, 6) is -0.00682. The molecule has 0 aliphatic carbocycles. The zero-order valence-corrected chi connectivity index (χ0v) is 11.3. The number of urea groups is 1. The molecule has 0 unspecified atom stereocenters. The fourth-order valence-corrected chi connectivity index (χ4v) is 1.97. The topological polar surface area (TPSA) is 49.4 Å². The van der Waals surface area contributed by atoms with E-state index in [1.165, 1.54) is 12.5 Å². The summed E-state index contributed by atoms with van der Waals surface area (Å²) in [7, 11) is 0. The molecule has 0 aromatic heterocycles. The van der Waals surface area contributed by atoms with Crippen molar-refractivity contribution < 1.29 is 9.59 Å². The zero-order chi connectivity index (χ0) is 13.8. The Balaban J connectivity index is 2.03. The van der Waals surface area contributed by atoms with Crippen LogP contribution < -0.4 is 5.32 Å². The van der Waals surface area contributed by atoms with E-state index in [9.17, 15) is 9.59 Å². The van der Waals surface area contributed by atoms with Crippen LogP contribution in [-0.4, -0.2) is 29.8 Å². The normalized spacial score (nSPS) is 14.8. The maximum Gasteiger partial charge on any atom is 0.322 e. The second-order valence-corrected chi connectivity index (χ2v) is 4.81. The fourth-order valence-electron chi connectivity index (χ4n) is 1.97. The molecule has 2 rings (SSSR count). The molecule has 0 spiro atoms. The molecule has 1 aliphatic rings. The average Bonchev–Trinajstić information content (AvgIpc) is 2.39. The van der Waals surface area contributed by atoms with Gasteiger partial charge in [0.25, 0.3) is 0 Å². The lowest BCUT2D eigenvalue weighted by Gasteiger charge is -2.25. The van der Waals surface area contributed by atoms with Crippen LogP contribution in [0.5, 0.6) is 0 Å². The fraction of sp³-hybridized carbons (Fsp3) is 0.333. The van der Waals surface area contributed by atoms with Gasteiger partial charge in [-0.2, -0.15) is 0 Å². The van der Waals surface area contributed by atoms with Crippen molar-refractivity contribution in [2.45, 2.75) is 20.3 Å². The highest BCUT2D eigenvalue weighted by Crippen LogP contribution is 2.14. The Labute approximate surface area is 113 Å². The second kappa shape index (κ2) is 5.69. The summed E-state index contributed by atoms with van der Waals surface area (Å²) < 4.78 is 0. The van der Waals surface area contributed by atoms with E-state index in [2.05, 4.69) is 18.3 Å². The van der Waals surface area contributed by atoms with E-state index < -0.39 is 0 Å². The monoisotopic (exact) mass is 258 g/mol. The van der Waals surface area contributed by atoms with Crippen molar-refractivity contribution >= 4 is 17.5 Å². The highest BCUT2D eigenvalue weighted by molar-refractivity contribution is 5.96. The molecule has 4 nitrogen and oxygen atoms in total. The van der Waals surface area contributed by atoms with Crippen LogP contribution in [0.2, 0.25) is 0 Å². The standard InChI is InChI=1S/C15H18N2O2/c1-11-6-8-17(9-7-11)15(19)16-14-5-3-4-13(10-14)12(2)18/h3-6,10H,7-9H2,1-2H3,(H,16,19). The van der Waals surface area contributed by atoms with Gasteiger partial charge >= 0.3 is 6.03 Å². The van der Waals surface area contributed by atoms with Crippen LogP contribution in [0.1, 0.15) is 30.6 Å². The third kappa shape index (κ3) is 3.44. The predicted molar refractivity (Wildman–Crippen MR) is 75.4 cm³/mol. The number of carbonyl (C=O) groups is 2. The SMILES string of the molecule is CC(=O)c1cccc(NC(=O)N2CC=C(C)CC2)c1. The minimum Gasteiger partial charge on any atom is -0.320 e. The van der Waals surface area contributed by atoms with Gasteiger partial charge in [0.15, 0.2) is 5.78 Å². The molecule has 1 aromatic rings. The summed E-state index contributed by atoms with van der Waals surface area (Å²) in [6.07, 6.45) is 2.98. The number of amides is 2. The summed E-state index contributed by atoms with van der Waals surface area (Å²) in [6.45, 7) is 4.97. The molecule has 0 radical (unpaired) electrons. The summed E-state index contributed by atoms with van der Waals surface area (Å²) >= 11 is 0. The van der Waals surface area contributed by atoms with Crippen LogP contribution in [0.4, 0.5) is 10.5 Å². The Morgan fingerprint density at radius 1 is 1.32 bits per heavy atom. The van der Waals surface area contributed by atoms with Crippen LogP contribution >= 0.6 is 0 Å². The van der Waals surface area contributed by atoms with Crippen LogP contribution in [-0.2, 0) is 0 Å². The third-order valence-corrected chi connectivity index (χ3v) is 3.24. The van der Waals surface area contributed by atoms with Gasteiger partial charge in [-0.25, -0.2) is 4.79 Å². The first-order valence-electron chi connectivity index (χ1n) is 6.39. The molecule has 0 saturated carbocycles. The number of anilines is 1. The Hall–Kier alpha value is -2.10. The molecule has 2 amide bonds. The number of Topliss-reactive ketones (excluding diaryl/α,β-unsaturated/α-hetero) is 1. The largest absolute Gasteiger partial charge is 0.322 e. The number of hydrogen-bond acceptors (Lipinski definition) is 2. The highest BCUT2D eigenvalue weighted by atomic mass is 16.2. The molecule has 0 atom stereocenters. The van der Waals surface area contributed by atoms with Gasteiger partial charge in [0, 0.05) is 24.3 Å². The average molecular weight is 258 g/mol. The maximum atomic E-state index is 12.1. The van der Waals surface area contributed by atoms with E-state index in [0.717, 1.165) is 13.0 Å². The number of ketones is 1. The van der Waals surface area contributed by atoms with E-state index in [4.69, 9.17) is 0 Å². The number of benzene rings is 1. The number of nitrogens with one attached hydrogen (secondary N) is 1. The summed E-state index contributed by atoms with van der Waals surface area (Å²) in [5.41, 5.74) is 2.58. The van der Waals surface area contributed by atoms with Crippen molar-refractivity contribution in [1.82, 2.24) is 4.90 Å². The van der Waals surface area contributed by atoms with Gasteiger partial charge < -0.3 is 10.2 Å². The van der Waals surface area contributed by atoms with Crippen molar-refractivity contribution in [3.63, 3.8) is 0 Å². The van der Waals surface area contributed by atoms with Gasteiger partial charge in [0.05, 0.1) is 0 Å². The Morgan fingerprint density at radius 2 is 2.11 bits per heavy atom. The lowest BCUT2D eigenvalue weighted by molar-refractivity contribution is 0.101. The van der Waals surface area contributed by atoms with E-state index >= 15 is 0 Å². The maximum absolute atomic E-state index is 12.1. The first-order valence-corrected chi connectivity index (χ1v) is 6.39. The Morgan fingerprint density at radius 3 is 2.74 bits per heavy atom. The number of carbonyl (C=O) groups excluding carboxylic acids is 2. The number of rotatable bonds is 2. The molecule has 1 aromatic carbocycles. The lowest BCUT2D eigenvalue weighted by atomic mass is 10.1. The summed E-state index contributed by atoms with van der Waals surface area (Å²) in [5, 5.41) is 2.83. The molecule has 0 fully saturated rings. The van der Waals surface area contributed by atoms with E-state index in [1.807, 2.05) is 0 Å². The summed E-state index contributed by atoms with van der Waals surface area (Å²) in [6, 6.07) is 6.88. The van der Waals surface area contributed by atoms with Crippen LogP contribution in [0.15, 0.2) is 35.9 Å². The second-order valence-electron chi connectivity index (χ2n) is 4.81. The van der Waals surface area contributed by atoms with Crippen molar-refractivity contribution in [1.29, 1.82) is 0 Å². The molecule has 1 aliphatic heterocycles. The minimum absolute atomic E-state index is 0.00682. The quantitative estimate of drug-likeness (QED) is 0.654. The van der Waals surface area contributed by atoms with Gasteiger partial charge in [0.2, 0.25) is 0 Å². The van der Waals surface area contributed by atoms with Crippen LogP contribution in [0, 0.1) is 0 Å². The third-order valence-electron chi connectivity index (χ3n) is 3.24. The van der Waals surface area contributed by atoms with Crippen molar-refractivity contribution in [3.05, 3.63) is 41.5 Å².